The summed E-state index contributed by atoms with van der Waals surface area (Å²) in [5.41, 5.74) is 0.676. The number of ketones is 1. The summed E-state index contributed by atoms with van der Waals surface area (Å²) in [6, 6.07) is 9.33. The van der Waals surface area contributed by atoms with Gasteiger partial charge < -0.3 is 10.6 Å². The second-order valence-corrected chi connectivity index (χ2v) is 4.90. The molecular weight excluding hydrogens is 276 g/mol. The summed E-state index contributed by atoms with van der Waals surface area (Å²) in [5.74, 6) is -0.00417. The molecule has 1 amide bonds. The minimum atomic E-state index is -0.0296. The first-order valence-corrected chi connectivity index (χ1v) is 6.84. The van der Waals surface area contributed by atoms with E-state index < -0.39 is 0 Å². The molecule has 1 heterocycles. The van der Waals surface area contributed by atoms with Crippen LogP contribution in [0.5, 0.6) is 0 Å². The fourth-order valence-corrected chi connectivity index (χ4v) is 2.27. The van der Waals surface area contributed by atoms with Crippen LogP contribution in [-0.4, -0.2) is 30.8 Å². The molecule has 1 atom stereocenters. The highest BCUT2D eigenvalue weighted by Crippen LogP contribution is 2.06. The summed E-state index contributed by atoms with van der Waals surface area (Å²) in [6.45, 7) is 1.86. The molecule has 0 radical (unpaired) electrons. The lowest BCUT2D eigenvalue weighted by Crippen LogP contribution is -2.45. The van der Waals surface area contributed by atoms with Gasteiger partial charge in [-0.3, -0.25) is 9.59 Å². The number of carbonyl (C=O) groups is 2. The minimum absolute atomic E-state index is 0. The number of hydrogen-bond acceptors (Lipinski definition) is 3. The molecule has 1 fully saturated rings. The topological polar surface area (TPSA) is 58.2 Å². The van der Waals surface area contributed by atoms with E-state index in [9.17, 15) is 9.59 Å². The van der Waals surface area contributed by atoms with Gasteiger partial charge in [-0.2, -0.15) is 0 Å². The predicted octanol–water partition coefficient (Wildman–Crippen LogP) is 1.94. The van der Waals surface area contributed by atoms with Crippen molar-refractivity contribution in [2.24, 2.45) is 0 Å². The van der Waals surface area contributed by atoms with E-state index in [2.05, 4.69) is 10.6 Å². The first kappa shape index (κ1) is 16.7. The number of halogens is 1. The Morgan fingerprint density at radius 2 is 1.95 bits per heavy atom. The molecule has 1 saturated heterocycles. The Bertz CT molecular complexity index is 431. The van der Waals surface area contributed by atoms with E-state index in [1.54, 1.807) is 12.1 Å². The number of rotatable bonds is 5. The summed E-state index contributed by atoms with van der Waals surface area (Å²) in [7, 11) is 0. The highest BCUT2D eigenvalue weighted by atomic mass is 35.5. The largest absolute Gasteiger partial charge is 0.352 e. The third-order valence-electron chi connectivity index (χ3n) is 3.34. The molecule has 2 rings (SSSR count). The first-order valence-electron chi connectivity index (χ1n) is 6.84. The van der Waals surface area contributed by atoms with E-state index in [0.29, 0.717) is 5.56 Å². The lowest BCUT2D eigenvalue weighted by molar-refractivity contribution is -0.121. The maximum absolute atomic E-state index is 11.8. The van der Waals surface area contributed by atoms with Crippen molar-refractivity contribution in [3.63, 3.8) is 0 Å². The van der Waals surface area contributed by atoms with Crippen LogP contribution in [-0.2, 0) is 4.79 Å². The highest BCUT2D eigenvalue weighted by molar-refractivity contribution is 5.97. The molecule has 1 aromatic rings. The molecule has 0 aromatic heterocycles. The van der Waals surface area contributed by atoms with Gasteiger partial charge in [-0.05, 0) is 19.4 Å². The van der Waals surface area contributed by atoms with Crippen molar-refractivity contribution in [3.8, 4) is 0 Å². The van der Waals surface area contributed by atoms with E-state index >= 15 is 0 Å². The zero-order chi connectivity index (χ0) is 13.5. The minimum Gasteiger partial charge on any atom is -0.352 e. The van der Waals surface area contributed by atoms with Crippen LogP contribution in [0.1, 0.15) is 36.0 Å². The summed E-state index contributed by atoms with van der Waals surface area (Å²) in [5, 5.41) is 6.22. The average molecular weight is 297 g/mol. The third kappa shape index (κ3) is 5.31. The van der Waals surface area contributed by atoms with E-state index in [1.807, 2.05) is 18.2 Å². The molecule has 1 aliphatic rings. The number of carbonyl (C=O) groups excluding carboxylic acids is 2. The standard InChI is InChI=1S/C15H20N2O2.ClH/c18-14(12-5-2-1-3-6-12)8-9-15(19)17-13-7-4-10-16-11-13;/h1-3,5-6,13,16H,4,7-11H2,(H,17,19);1H. The highest BCUT2D eigenvalue weighted by Gasteiger charge is 2.16. The molecule has 2 N–H and O–H groups in total. The van der Waals surface area contributed by atoms with Crippen LogP contribution in [0.15, 0.2) is 30.3 Å². The zero-order valence-corrected chi connectivity index (χ0v) is 12.2. The zero-order valence-electron chi connectivity index (χ0n) is 11.4. The molecule has 1 unspecified atom stereocenters. The van der Waals surface area contributed by atoms with E-state index in [4.69, 9.17) is 0 Å². The molecule has 4 nitrogen and oxygen atoms in total. The summed E-state index contributed by atoms with van der Waals surface area (Å²) in [4.78, 5) is 23.6. The smallest absolute Gasteiger partial charge is 0.220 e. The van der Waals surface area contributed by atoms with Gasteiger partial charge in [0.1, 0.15) is 0 Å². The Balaban J connectivity index is 0.00000200. The van der Waals surface area contributed by atoms with Gasteiger partial charge in [-0.15, -0.1) is 12.4 Å². The second kappa shape index (κ2) is 8.72. The van der Waals surface area contributed by atoms with Gasteiger partial charge in [0.15, 0.2) is 5.78 Å². The molecular formula is C15H21ClN2O2. The van der Waals surface area contributed by atoms with Crippen LogP contribution >= 0.6 is 12.4 Å². The molecule has 20 heavy (non-hydrogen) atoms. The van der Waals surface area contributed by atoms with Gasteiger partial charge in [0.25, 0.3) is 0 Å². The Kier molecular flexibility index (Phi) is 7.26. The number of benzene rings is 1. The Labute approximate surface area is 125 Å². The molecule has 0 bridgehead atoms. The maximum Gasteiger partial charge on any atom is 0.220 e. The van der Waals surface area contributed by atoms with Gasteiger partial charge in [-0.25, -0.2) is 0 Å². The SMILES string of the molecule is Cl.O=C(CCC(=O)c1ccccc1)NC1CCCNC1. The second-order valence-electron chi connectivity index (χ2n) is 4.90. The number of nitrogens with one attached hydrogen (secondary N) is 2. The van der Waals surface area contributed by atoms with Gasteiger partial charge in [0.05, 0.1) is 0 Å². The fourth-order valence-electron chi connectivity index (χ4n) is 2.27. The monoisotopic (exact) mass is 296 g/mol. The van der Waals surface area contributed by atoms with Crippen molar-refractivity contribution in [1.29, 1.82) is 0 Å². The molecule has 1 aliphatic heterocycles. The van der Waals surface area contributed by atoms with Crippen molar-refractivity contribution in [2.75, 3.05) is 13.1 Å². The van der Waals surface area contributed by atoms with Gasteiger partial charge >= 0.3 is 0 Å². The normalized spacial score (nSPS) is 17.9. The summed E-state index contributed by atoms with van der Waals surface area (Å²) in [6.07, 6.45) is 2.65. The van der Waals surface area contributed by atoms with Crippen molar-refractivity contribution >= 4 is 24.1 Å². The first-order chi connectivity index (χ1) is 9.25. The Morgan fingerprint density at radius 3 is 2.60 bits per heavy atom. The van der Waals surface area contributed by atoms with Crippen LogP contribution in [0.4, 0.5) is 0 Å². The predicted molar refractivity (Wildman–Crippen MR) is 81.3 cm³/mol. The van der Waals surface area contributed by atoms with Crippen LogP contribution in [0.3, 0.4) is 0 Å². The maximum atomic E-state index is 11.8. The Hall–Kier alpha value is -1.39. The molecule has 1 aromatic carbocycles. The molecule has 0 spiro atoms. The van der Waals surface area contributed by atoms with Crippen LogP contribution < -0.4 is 10.6 Å². The van der Waals surface area contributed by atoms with Gasteiger partial charge in [0, 0.05) is 31.0 Å². The number of hydrogen-bond donors (Lipinski definition) is 2. The Morgan fingerprint density at radius 1 is 1.20 bits per heavy atom. The lowest BCUT2D eigenvalue weighted by atomic mass is 10.1. The summed E-state index contributed by atoms with van der Waals surface area (Å²) >= 11 is 0. The average Bonchev–Trinajstić information content (AvgIpc) is 2.47. The fraction of sp³-hybridized carbons (Fsp3) is 0.467. The van der Waals surface area contributed by atoms with Crippen LogP contribution in [0, 0.1) is 0 Å². The van der Waals surface area contributed by atoms with E-state index in [1.165, 1.54) is 0 Å². The number of amides is 1. The van der Waals surface area contributed by atoms with E-state index in [-0.39, 0.29) is 43.0 Å². The van der Waals surface area contributed by atoms with Crippen molar-refractivity contribution < 1.29 is 9.59 Å². The van der Waals surface area contributed by atoms with Crippen molar-refractivity contribution in [1.82, 2.24) is 10.6 Å². The molecule has 0 saturated carbocycles. The van der Waals surface area contributed by atoms with Gasteiger partial charge in [-0.1, -0.05) is 30.3 Å². The molecule has 0 aliphatic carbocycles. The van der Waals surface area contributed by atoms with Crippen molar-refractivity contribution in [3.05, 3.63) is 35.9 Å². The molecule has 110 valence electrons. The quantitative estimate of drug-likeness (QED) is 0.817. The third-order valence-corrected chi connectivity index (χ3v) is 3.34. The number of piperidine rings is 1. The van der Waals surface area contributed by atoms with Crippen LogP contribution in [0.2, 0.25) is 0 Å². The molecule has 5 heteroatoms. The van der Waals surface area contributed by atoms with Gasteiger partial charge in [0.2, 0.25) is 5.91 Å². The summed E-state index contributed by atoms with van der Waals surface area (Å²) < 4.78 is 0. The number of Topliss-reactive ketones (excluding diaryl/α,β-unsaturated/α-hetero) is 1. The van der Waals surface area contributed by atoms with Crippen LogP contribution in [0.25, 0.3) is 0 Å². The van der Waals surface area contributed by atoms with E-state index in [0.717, 1.165) is 25.9 Å². The lowest BCUT2D eigenvalue weighted by Gasteiger charge is -2.23. The van der Waals surface area contributed by atoms with Crippen molar-refractivity contribution in [2.45, 2.75) is 31.7 Å².